The van der Waals surface area contributed by atoms with Crippen LogP contribution in [-0.4, -0.2) is 37.2 Å². The van der Waals surface area contributed by atoms with E-state index in [1.165, 1.54) is 51.4 Å². The van der Waals surface area contributed by atoms with Crippen LogP contribution in [-0.2, 0) is 28.6 Å². The second kappa shape index (κ2) is 57.6. The highest BCUT2D eigenvalue weighted by atomic mass is 16.6. The average molecular weight is 978 g/mol. The first-order valence-corrected chi connectivity index (χ1v) is 28.0. The van der Waals surface area contributed by atoms with Crippen LogP contribution in [0.2, 0.25) is 0 Å². The molecule has 0 N–H and O–H groups in total. The molecule has 0 aromatic rings. The number of carbonyl (C=O) groups excluding carboxylic acids is 3. The zero-order valence-corrected chi connectivity index (χ0v) is 45.2. The van der Waals surface area contributed by atoms with Gasteiger partial charge in [0.2, 0.25) is 0 Å². The third kappa shape index (κ3) is 55.8. The Labute approximate surface area is 435 Å². The first-order chi connectivity index (χ1) is 35.0. The Hall–Kier alpha value is -4.97. The van der Waals surface area contributed by atoms with Crippen LogP contribution >= 0.6 is 0 Å². The van der Waals surface area contributed by atoms with Crippen LogP contribution < -0.4 is 0 Å². The van der Waals surface area contributed by atoms with Gasteiger partial charge in [0.15, 0.2) is 6.10 Å². The lowest BCUT2D eigenvalue weighted by molar-refractivity contribution is -0.166. The van der Waals surface area contributed by atoms with Crippen LogP contribution in [0.1, 0.15) is 213 Å². The van der Waals surface area contributed by atoms with Crippen molar-refractivity contribution in [1.82, 2.24) is 0 Å². The molecule has 71 heavy (non-hydrogen) atoms. The molecule has 1 atom stereocenters. The van der Waals surface area contributed by atoms with Gasteiger partial charge in [-0.25, -0.2) is 0 Å². The maximum atomic E-state index is 12.8. The van der Waals surface area contributed by atoms with E-state index in [2.05, 4.69) is 167 Å². The van der Waals surface area contributed by atoms with E-state index in [0.29, 0.717) is 19.3 Å². The van der Waals surface area contributed by atoms with E-state index in [-0.39, 0.29) is 50.4 Å². The molecule has 0 unspecified atom stereocenters. The molecule has 0 aromatic heterocycles. The normalized spacial score (nSPS) is 13.3. The minimum absolute atomic E-state index is 0.142. The maximum absolute atomic E-state index is 12.8. The number of hydrogen-bond donors (Lipinski definition) is 0. The molecule has 0 amide bonds. The predicted octanol–water partition coefficient (Wildman–Crippen LogP) is 19.0. The van der Waals surface area contributed by atoms with Gasteiger partial charge in [-0.15, -0.1) is 0 Å². The quantitative estimate of drug-likeness (QED) is 0.0262. The SMILES string of the molecule is CC/C=C\C/C=C\C/C=C\C/C=C\C/C=C\C/C=C\CCC(=O)OC[C@@H](COC(=O)CCCC/C=C\C/C=C\C/C=C\CCCCC)OC(=O)CCCCC/C=C\C/C=C\C/C=C\C/C=C\CCCCC. The first-order valence-electron chi connectivity index (χ1n) is 28.0. The van der Waals surface area contributed by atoms with Crippen LogP contribution in [0.4, 0.5) is 0 Å². The fraction of sp³-hybridized carbons (Fsp3) is 0.554. The van der Waals surface area contributed by atoms with Gasteiger partial charge in [-0.05, 0) is 141 Å². The summed E-state index contributed by atoms with van der Waals surface area (Å²) in [5.74, 6) is -1.10. The predicted molar refractivity (Wildman–Crippen MR) is 306 cm³/mol. The van der Waals surface area contributed by atoms with E-state index in [0.717, 1.165) is 103 Å². The van der Waals surface area contributed by atoms with Crippen molar-refractivity contribution in [3.05, 3.63) is 158 Å². The van der Waals surface area contributed by atoms with Crippen molar-refractivity contribution in [3.8, 4) is 0 Å². The van der Waals surface area contributed by atoms with Gasteiger partial charge in [0.05, 0.1) is 0 Å². The minimum Gasteiger partial charge on any atom is -0.462 e. The smallest absolute Gasteiger partial charge is 0.306 e. The summed E-state index contributed by atoms with van der Waals surface area (Å²) in [4.78, 5) is 38.1. The standard InChI is InChI=1S/C65H100O6/c1-4-7-10-13-16-19-22-25-28-30-32-34-37-40-43-46-49-52-55-58-64(67)70-61-62(60-69-63(66)57-54-51-48-45-42-39-36-27-24-21-18-15-12-9-6-3)71-65(68)59-56-53-50-47-44-41-38-35-33-31-29-26-23-20-17-14-11-8-5-2/h7,10,16-21,25-29,32-36,40-45,49,52,62H,4-6,8-9,11-15,22-24,30-31,37-39,46-48,50-51,53-61H2,1-3H3/b10-7-,19-16-,20-17-,21-18-,28-25-,29-26-,34-32-,35-33-,36-27-,43-40-,44-41-,45-42-,52-49-/t62-/m1/s1. The summed E-state index contributed by atoms with van der Waals surface area (Å²) >= 11 is 0. The van der Waals surface area contributed by atoms with E-state index >= 15 is 0 Å². The number of ether oxygens (including phenoxy) is 3. The molecule has 0 aromatic carbocycles. The van der Waals surface area contributed by atoms with Crippen LogP contribution in [0.3, 0.4) is 0 Å². The van der Waals surface area contributed by atoms with Crippen molar-refractivity contribution in [1.29, 1.82) is 0 Å². The fourth-order valence-corrected chi connectivity index (χ4v) is 6.81. The lowest BCUT2D eigenvalue weighted by Gasteiger charge is -2.18. The molecule has 0 saturated heterocycles. The number of unbranched alkanes of at least 4 members (excludes halogenated alkanes) is 11. The molecule has 0 heterocycles. The maximum Gasteiger partial charge on any atom is 0.306 e. The molecule has 0 saturated carbocycles. The third-order valence-corrected chi connectivity index (χ3v) is 11.0. The summed E-state index contributed by atoms with van der Waals surface area (Å²) in [7, 11) is 0. The van der Waals surface area contributed by atoms with E-state index in [9.17, 15) is 14.4 Å². The Morgan fingerprint density at radius 3 is 0.944 bits per heavy atom. The van der Waals surface area contributed by atoms with Crippen molar-refractivity contribution < 1.29 is 28.6 Å². The van der Waals surface area contributed by atoms with E-state index in [1.54, 1.807) is 0 Å². The molecule has 0 radical (unpaired) electrons. The number of hydrogen-bond acceptors (Lipinski definition) is 6. The fourth-order valence-electron chi connectivity index (χ4n) is 6.81. The number of rotatable bonds is 48. The number of carbonyl (C=O) groups is 3. The second-order valence-corrected chi connectivity index (χ2v) is 17.7. The summed E-state index contributed by atoms with van der Waals surface area (Å²) in [6.45, 7) is 6.32. The summed E-state index contributed by atoms with van der Waals surface area (Å²) < 4.78 is 16.7. The molecule has 0 fully saturated rings. The largest absolute Gasteiger partial charge is 0.462 e. The average Bonchev–Trinajstić information content (AvgIpc) is 3.37. The van der Waals surface area contributed by atoms with Gasteiger partial charge < -0.3 is 14.2 Å². The highest BCUT2D eigenvalue weighted by molar-refractivity contribution is 5.71. The topological polar surface area (TPSA) is 78.9 Å². The molecule has 396 valence electrons. The molecular weight excluding hydrogens is 877 g/mol. The third-order valence-electron chi connectivity index (χ3n) is 11.0. The van der Waals surface area contributed by atoms with Crippen LogP contribution in [0, 0.1) is 0 Å². The first kappa shape index (κ1) is 66.0. The van der Waals surface area contributed by atoms with E-state index in [1.807, 2.05) is 12.2 Å². The second-order valence-electron chi connectivity index (χ2n) is 17.7. The van der Waals surface area contributed by atoms with Gasteiger partial charge in [-0.1, -0.05) is 211 Å². The molecule has 0 rings (SSSR count). The zero-order chi connectivity index (χ0) is 51.4. The monoisotopic (exact) mass is 977 g/mol. The van der Waals surface area contributed by atoms with Gasteiger partial charge in [-0.3, -0.25) is 14.4 Å². The summed E-state index contributed by atoms with van der Waals surface area (Å²) in [5, 5.41) is 0. The van der Waals surface area contributed by atoms with Gasteiger partial charge in [-0.2, -0.15) is 0 Å². The molecule has 0 aliphatic heterocycles. The van der Waals surface area contributed by atoms with E-state index < -0.39 is 6.10 Å². The minimum atomic E-state index is -0.850. The Kier molecular flexibility index (Phi) is 53.6. The van der Waals surface area contributed by atoms with Crippen LogP contribution in [0.25, 0.3) is 0 Å². The van der Waals surface area contributed by atoms with Crippen molar-refractivity contribution in [3.63, 3.8) is 0 Å². The molecule has 0 bridgehead atoms. The summed E-state index contributed by atoms with van der Waals surface area (Å²) in [5.41, 5.74) is 0. The molecule has 0 spiro atoms. The van der Waals surface area contributed by atoms with Crippen molar-refractivity contribution in [2.75, 3.05) is 13.2 Å². The Bertz CT molecular complexity index is 1640. The van der Waals surface area contributed by atoms with Crippen LogP contribution in [0.5, 0.6) is 0 Å². The molecule has 6 nitrogen and oxygen atoms in total. The van der Waals surface area contributed by atoms with Crippen molar-refractivity contribution in [2.45, 2.75) is 219 Å². The zero-order valence-electron chi connectivity index (χ0n) is 45.2. The van der Waals surface area contributed by atoms with Gasteiger partial charge in [0.25, 0.3) is 0 Å². The van der Waals surface area contributed by atoms with E-state index in [4.69, 9.17) is 14.2 Å². The van der Waals surface area contributed by atoms with Crippen molar-refractivity contribution >= 4 is 17.9 Å². The van der Waals surface area contributed by atoms with Crippen molar-refractivity contribution in [2.24, 2.45) is 0 Å². The number of esters is 3. The summed E-state index contributed by atoms with van der Waals surface area (Å²) in [6.07, 6.45) is 83.8. The van der Waals surface area contributed by atoms with Crippen LogP contribution in [0.15, 0.2) is 158 Å². The molecule has 0 aliphatic carbocycles. The lowest BCUT2D eigenvalue weighted by Crippen LogP contribution is -2.30. The van der Waals surface area contributed by atoms with Gasteiger partial charge in [0.1, 0.15) is 13.2 Å². The Morgan fingerprint density at radius 1 is 0.296 bits per heavy atom. The Morgan fingerprint density at radius 2 is 0.577 bits per heavy atom. The Balaban J connectivity index is 4.66. The highest BCUT2D eigenvalue weighted by Gasteiger charge is 2.19. The van der Waals surface area contributed by atoms with Gasteiger partial charge in [0, 0.05) is 19.3 Å². The molecular formula is C65H100O6. The summed E-state index contributed by atoms with van der Waals surface area (Å²) in [6, 6.07) is 0. The van der Waals surface area contributed by atoms with Gasteiger partial charge >= 0.3 is 17.9 Å². The molecule has 6 heteroatoms. The highest BCUT2D eigenvalue weighted by Crippen LogP contribution is 2.10. The lowest BCUT2D eigenvalue weighted by atomic mass is 10.1. The molecule has 0 aliphatic rings. The number of allylic oxidation sites excluding steroid dienone is 26.